The molecule has 0 aromatic heterocycles. The van der Waals surface area contributed by atoms with Gasteiger partial charge in [0.2, 0.25) is 0 Å². The molecule has 0 unspecified atom stereocenters. The fraction of sp³-hybridized carbons (Fsp3) is 0. The summed E-state index contributed by atoms with van der Waals surface area (Å²) >= 11 is 5.32. The highest BCUT2D eigenvalue weighted by Crippen LogP contribution is 2.09. The minimum atomic E-state index is 1.07. The molecular formula is C8H4BrI. The van der Waals surface area contributed by atoms with Gasteiger partial charge in [0.15, 0.2) is 0 Å². The van der Waals surface area contributed by atoms with Crippen molar-refractivity contribution in [3.05, 3.63) is 33.4 Å². The van der Waals surface area contributed by atoms with Gasteiger partial charge in [0.05, 0.1) is 0 Å². The van der Waals surface area contributed by atoms with Crippen LogP contribution in [0.5, 0.6) is 0 Å². The molecular weight excluding hydrogens is 303 g/mol. The average Bonchev–Trinajstić information content (AvgIpc) is 1.94. The van der Waals surface area contributed by atoms with E-state index in [1.165, 1.54) is 3.57 Å². The second-order valence-corrected chi connectivity index (χ2v) is 3.26. The Kier molecular flexibility index (Phi) is 3.23. The van der Waals surface area contributed by atoms with Crippen molar-refractivity contribution in [1.82, 2.24) is 0 Å². The molecule has 0 saturated heterocycles. The maximum Gasteiger partial charge on any atom is 0.0387 e. The second kappa shape index (κ2) is 3.99. The summed E-state index contributed by atoms with van der Waals surface area (Å²) in [5, 5.41) is 0. The molecule has 0 bridgehead atoms. The van der Waals surface area contributed by atoms with E-state index in [4.69, 9.17) is 0 Å². The number of rotatable bonds is 0. The monoisotopic (exact) mass is 306 g/mol. The number of hydrogen-bond acceptors (Lipinski definition) is 0. The summed E-state index contributed by atoms with van der Waals surface area (Å²) in [5.41, 5.74) is 1.07. The summed E-state index contributed by atoms with van der Waals surface area (Å²) in [6.45, 7) is 0. The lowest BCUT2D eigenvalue weighted by molar-refractivity contribution is 1.59. The Hall–Kier alpha value is -0.0100. The smallest absolute Gasteiger partial charge is 0.0387 e. The van der Waals surface area contributed by atoms with Crippen molar-refractivity contribution in [1.29, 1.82) is 0 Å². The largest absolute Gasteiger partial charge is 0.0611 e. The lowest BCUT2D eigenvalue weighted by atomic mass is 10.2. The summed E-state index contributed by atoms with van der Waals surface area (Å²) in [5.74, 6) is 2.93. The molecule has 0 fully saturated rings. The maximum atomic E-state index is 3.06. The Bertz CT molecular complexity index is 283. The molecule has 1 rings (SSSR count). The van der Waals surface area contributed by atoms with Crippen molar-refractivity contribution in [2.75, 3.05) is 0 Å². The summed E-state index contributed by atoms with van der Waals surface area (Å²) in [7, 11) is 0. The molecule has 0 radical (unpaired) electrons. The molecule has 2 heteroatoms. The van der Waals surface area contributed by atoms with E-state index in [1.54, 1.807) is 0 Å². The van der Waals surface area contributed by atoms with Gasteiger partial charge in [-0.05, 0) is 39.6 Å². The third-order valence-corrected chi connectivity index (χ3v) is 2.19. The van der Waals surface area contributed by atoms with Crippen LogP contribution in [0.25, 0.3) is 0 Å². The Morgan fingerprint density at radius 1 is 1.30 bits per heavy atom. The summed E-state index contributed by atoms with van der Waals surface area (Å²) in [4.78, 5) is 2.68. The Balaban J connectivity index is 3.11. The molecule has 0 aliphatic carbocycles. The van der Waals surface area contributed by atoms with Gasteiger partial charge in [0, 0.05) is 25.1 Å². The predicted octanol–water partition coefficient (Wildman–Crippen LogP) is 3.00. The topological polar surface area (TPSA) is 0 Å². The fourth-order valence-electron chi connectivity index (χ4n) is 0.613. The minimum Gasteiger partial charge on any atom is -0.0611 e. The lowest BCUT2D eigenvalue weighted by Gasteiger charge is -1.91. The molecule has 50 valence electrons. The first-order valence-electron chi connectivity index (χ1n) is 2.71. The van der Waals surface area contributed by atoms with Crippen LogP contribution in [-0.4, -0.2) is 0 Å². The Morgan fingerprint density at radius 3 is 2.60 bits per heavy atom. The van der Waals surface area contributed by atoms with E-state index in [0.717, 1.165) is 5.56 Å². The van der Waals surface area contributed by atoms with Gasteiger partial charge in [0.25, 0.3) is 0 Å². The number of halogens is 2. The standard InChI is InChI=1S/C8H4BrI/c9-6-5-7-3-1-2-4-8(7)10/h1-4H. The maximum absolute atomic E-state index is 3.06. The molecule has 0 aliphatic rings. The van der Waals surface area contributed by atoms with Crippen LogP contribution >= 0.6 is 38.5 Å². The first-order chi connectivity index (χ1) is 4.84. The molecule has 0 N–H and O–H groups in total. The van der Waals surface area contributed by atoms with E-state index >= 15 is 0 Å². The zero-order chi connectivity index (χ0) is 7.40. The average molecular weight is 307 g/mol. The molecule has 0 aliphatic heterocycles. The van der Waals surface area contributed by atoms with Crippen LogP contribution in [0.15, 0.2) is 24.3 Å². The highest BCUT2D eigenvalue weighted by atomic mass is 127. The van der Waals surface area contributed by atoms with Crippen LogP contribution in [0.4, 0.5) is 0 Å². The zero-order valence-electron chi connectivity index (χ0n) is 5.07. The molecule has 0 amide bonds. The van der Waals surface area contributed by atoms with Crippen molar-refractivity contribution in [2.45, 2.75) is 0 Å². The van der Waals surface area contributed by atoms with Crippen molar-refractivity contribution >= 4 is 38.5 Å². The first kappa shape index (κ1) is 8.09. The molecule has 1 aromatic rings. The molecule has 1 aromatic carbocycles. The molecule has 0 saturated carbocycles. The summed E-state index contributed by atoms with van der Waals surface area (Å²) in [6, 6.07) is 8.01. The molecule has 10 heavy (non-hydrogen) atoms. The van der Waals surface area contributed by atoms with E-state index < -0.39 is 0 Å². The van der Waals surface area contributed by atoms with E-state index in [1.807, 2.05) is 24.3 Å². The van der Waals surface area contributed by atoms with Crippen LogP contribution in [0.3, 0.4) is 0 Å². The molecule has 0 atom stereocenters. The fourth-order valence-corrected chi connectivity index (χ4v) is 1.35. The van der Waals surface area contributed by atoms with E-state index in [2.05, 4.69) is 49.3 Å². The van der Waals surface area contributed by atoms with E-state index in [0.29, 0.717) is 0 Å². The Labute approximate surface area is 82.3 Å². The second-order valence-electron chi connectivity index (χ2n) is 1.70. The van der Waals surface area contributed by atoms with E-state index in [9.17, 15) is 0 Å². The van der Waals surface area contributed by atoms with Crippen molar-refractivity contribution in [3.63, 3.8) is 0 Å². The van der Waals surface area contributed by atoms with Crippen LogP contribution in [0.2, 0.25) is 0 Å². The van der Waals surface area contributed by atoms with Crippen LogP contribution in [0.1, 0.15) is 5.56 Å². The van der Waals surface area contributed by atoms with Crippen molar-refractivity contribution < 1.29 is 0 Å². The molecule has 0 spiro atoms. The lowest BCUT2D eigenvalue weighted by Crippen LogP contribution is -1.77. The third kappa shape index (κ3) is 1.99. The minimum absolute atomic E-state index is 1.07. The van der Waals surface area contributed by atoms with Gasteiger partial charge < -0.3 is 0 Å². The quantitative estimate of drug-likeness (QED) is 0.511. The van der Waals surface area contributed by atoms with Crippen LogP contribution < -0.4 is 0 Å². The predicted molar refractivity (Wildman–Crippen MR) is 55.0 cm³/mol. The number of hydrogen-bond donors (Lipinski definition) is 0. The van der Waals surface area contributed by atoms with Crippen molar-refractivity contribution in [3.8, 4) is 10.8 Å². The van der Waals surface area contributed by atoms with E-state index in [-0.39, 0.29) is 0 Å². The van der Waals surface area contributed by atoms with Gasteiger partial charge in [-0.3, -0.25) is 0 Å². The van der Waals surface area contributed by atoms with Gasteiger partial charge in [-0.1, -0.05) is 18.1 Å². The highest BCUT2D eigenvalue weighted by Gasteiger charge is 1.90. The van der Waals surface area contributed by atoms with Gasteiger partial charge in [-0.25, -0.2) is 0 Å². The number of benzene rings is 1. The SMILES string of the molecule is BrC#Cc1ccccc1I. The summed E-state index contributed by atoms with van der Waals surface area (Å²) in [6.07, 6.45) is 0. The molecule has 0 heterocycles. The van der Waals surface area contributed by atoms with Gasteiger partial charge >= 0.3 is 0 Å². The molecule has 0 nitrogen and oxygen atoms in total. The van der Waals surface area contributed by atoms with Crippen LogP contribution in [0, 0.1) is 14.3 Å². The third-order valence-electron chi connectivity index (χ3n) is 1.06. The highest BCUT2D eigenvalue weighted by molar-refractivity contribution is 14.1. The first-order valence-corrected chi connectivity index (χ1v) is 4.58. The van der Waals surface area contributed by atoms with Gasteiger partial charge in [0.1, 0.15) is 0 Å². The Morgan fingerprint density at radius 2 is 2.00 bits per heavy atom. The normalized spacial score (nSPS) is 8.20. The van der Waals surface area contributed by atoms with Gasteiger partial charge in [-0.15, -0.1) is 0 Å². The van der Waals surface area contributed by atoms with Gasteiger partial charge in [-0.2, -0.15) is 0 Å². The summed E-state index contributed by atoms with van der Waals surface area (Å²) < 4.78 is 1.19. The zero-order valence-corrected chi connectivity index (χ0v) is 8.81. The van der Waals surface area contributed by atoms with Crippen molar-refractivity contribution in [2.24, 2.45) is 0 Å². The van der Waals surface area contributed by atoms with Crippen LogP contribution in [-0.2, 0) is 0 Å².